The van der Waals surface area contributed by atoms with Crippen LogP contribution in [0, 0.1) is 5.82 Å². The molecule has 0 saturated carbocycles. The van der Waals surface area contributed by atoms with Crippen LogP contribution in [0.15, 0.2) is 18.5 Å². The van der Waals surface area contributed by atoms with Gasteiger partial charge in [0.2, 0.25) is 0 Å². The van der Waals surface area contributed by atoms with E-state index in [4.69, 9.17) is 0 Å². The summed E-state index contributed by atoms with van der Waals surface area (Å²) < 4.78 is 13.2. The molecular formula is C11H14FN3O. The summed E-state index contributed by atoms with van der Waals surface area (Å²) in [6.07, 6.45) is 4.64. The van der Waals surface area contributed by atoms with Crippen LogP contribution in [0.1, 0.15) is 23.2 Å². The van der Waals surface area contributed by atoms with E-state index >= 15 is 0 Å². The molecule has 1 fully saturated rings. The smallest absolute Gasteiger partial charge is 0.254 e. The Balaban J connectivity index is 1.90. The van der Waals surface area contributed by atoms with E-state index in [1.54, 1.807) is 0 Å². The third kappa shape index (κ3) is 2.55. The van der Waals surface area contributed by atoms with Crippen molar-refractivity contribution in [3.05, 3.63) is 29.8 Å². The monoisotopic (exact) mass is 223 g/mol. The molecule has 0 bridgehead atoms. The van der Waals surface area contributed by atoms with Crippen molar-refractivity contribution < 1.29 is 9.18 Å². The first-order chi connectivity index (χ1) is 7.77. The van der Waals surface area contributed by atoms with Gasteiger partial charge in [-0.25, -0.2) is 4.39 Å². The minimum Gasteiger partial charge on any atom is -0.350 e. The Bertz CT molecular complexity index is 377. The van der Waals surface area contributed by atoms with Gasteiger partial charge in [0, 0.05) is 18.8 Å². The van der Waals surface area contributed by atoms with E-state index in [9.17, 15) is 9.18 Å². The number of hydrogen-bond acceptors (Lipinski definition) is 3. The van der Waals surface area contributed by atoms with Crippen molar-refractivity contribution in [2.45, 2.75) is 18.9 Å². The molecule has 5 heteroatoms. The van der Waals surface area contributed by atoms with Gasteiger partial charge in [-0.15, -0.1) is 0 Å². The van der Waals surface area contributed by atoms with Gasteiger partial charge in [0.25, 0.3) is 5.91 Å². The molecule has 2 rings (SSSR count). The van der Waals surface area contributed by atoms with E-state index in [1.165, 1.54) is 12.3 Å². The molecule has 1 amide bonds. The zero-order chi connectivity index (χ0) is 11.4. The number of nitrogens with zero attached hydrogens (tertiary/aromatic N) is 1. The Hall–Kier alpha value is -1.49. The Morgan fingerprint density at radius 2 is 2.56 bits per heavy atom. The maximum Gasteiger partial charge on any atom is 0.254 e. The highest BCUT2D eigenvalue weighted by Crippen LogP contribution is 2.06. The molecule has 1 saturated heterocycles. The molecule has 0 spiro atoms. The molecule has 0 radical (unpaired) electrons. The summed E-state index contributed by atoms with van der Waals surface area (Å²) in [5.74, 6) is -0.965. The van der Waals surface area contributed by atoms with Crippen molar-refractivity contribution in [2.24, 2.45) is 0 Å². The number of aromatic nitrogens is 1. The molecule has 1 unspecified atom stereocenters. The van der Waals surface area contributed by atoms with Gasteiger partial charge in [-0.2, -0.15) is 0 Å². The fourth-order valence-corrected chi connectivity index (χ4v) is 1.80. The summed E-state index contributed by atoms with van der Waals surface area (Å²) in [4.78, 5) is 15.2. The van der Waals surface area contributed by atoms with Crippen LogP contribution in [-0.4, -0.2) is 30.0 Å². The molecule has 16 heavy (non-hydrogen) atoms. The lowest BCUT2D eigenvalue weighted by molar-refractivity contribution is 0.0946. The van der Waals surface area contributed by atoms with E-state index in [1.807, 2.05) is 0 Å². The first-order valence-corrected chi connectivity index (χ1v) is 5.38. The van der Waals surface area contributed by atoms with Crippen LogP contribution in [-0.2, 0) is 0 Å². The number of rotatable bonds is 3. The minimum absolute atomic E-state index is 0.0491. The molecule has 1 aliphatic heterocycles. The molecule has 2 N–H and O–H groups in total. The molecule has 1 aliphatic rings. The first kappa shape index (κ1) is 11.0. The summed E-state index contributed by atoms with van der Waals surface area (Å²) >= 11 is 0. The zero-order valence-corrected chi connectivity index (χ0v) is 8.87. The highest BCUT2D eigenvalue weighted by molar-refractivity contribution is 5.94. The van der Waals surface area contributed by atoms with Gasteiger partial charge in [-0.1, -0.05) is 0 Å². The van der Waals surface area contributed by atoms with Gasteiger partial charge >= 0.3 is 0 Å². The normalized spacial score (nSPS) is 19.7. The number of amides is 1. The van der Waals surface area contributed by atoms with Crippen LogP contribution in [0.2, 0.25) is 0 Å². The first-order valence-electron chi connectivity index (χ1n) is 5.38. The lowest BCUT2D eigenvalue weighted by Gasteiger charge is -2.11. The van der Waals surface area contributed by atoms with Gasteiger partial charge in [-0.3, -0.25) is 9.78 Å². The minimum atomic E-state index is -0.584. The van der Waals surface area contributed by atoms with Crippen molar-refractivity contribution in [3.63, 3.8) is 0 Å². The quantitative estimate of drug-likeness (QED) is 0.793. The molecule has 86 valence electrons. The summed E-state index contributed by atoms with van der Waals surface area (Å²) in [7, 11) is 0. The van der Waals surface area contributed by atoms with Crippen LogP contribution in [0.5, 0.6) is 0 Å². The highest BCUT2D eigenvalue weighted by atomic mass is 19.1. The number of hydrogen-bond donors (Lipinski definition) is 2. The fraction of sp³-hybridized carbons (Fsp3) is 0.455. The number of halogens is 1. The maximum atomic E-state index is 13.2. The maximum absolute atomic E-state index is 13.2. The van der Waals surface area contributed by atoms with Gasteiger partial charge in [0.1, 0.15) is 0 Å². The highest BCUT2D eigenvalue weighted by Gasteiger charge is 2.16. The van der Waals surface area contributed by atoms with Crippen molar-refractivity contribution in [1.82, 2.24) is 15.6 Å². The van der Waals surface area contributed by atoms with Gasteiger partial charge < -0.3 is 10.6 Å². The number of nitrogens with one attached hydrogen (secondary N) is 2. The number of carbonyl (C=O) groups excluding carboxylic acids is 1. The SMILES string of the molecule is O=C(NCC1CCCN1)c1ccncc1F. The van der Waals surface area contributed by atoms with Crippen LogP contribution in [0.4, 0.5) is 4.39 Å². The zero-order valence-electron chi connectivity index (χ0n) is 8.87. The third-order valence-electron chi connectivity index (χ3n) is 2.69. The summed E-state index contributed by atoms with van der Waals surface area (Å²) in [5.41, 5.74) is 0.0491. The summed E-state index contributed by atoms with van der Waals surface area (Å²) in [6.45, 7) is 1.53. The fourth-order valence-electron chi connectivity index (χ4n) is 1.80. The largest absolute Gasteiger partial charge is 0.350 e. The van der Waals surface area contributed by atoms with Crippen LogP contribution < -0.4 is 10.6 Å². The summed E-state index contributed by atoms with van der Waals surface area (Å²) in [6, 6.07) is 1.70. The van der Waals surface area contributed by atoms with Crippen LogP contribution in [0.3, 0.4) is 0 Å². The van der Waals surface area contributed by atoms with E-state index in [2.05, 4.69) is 15.6 Å². The summed E-state index contributed by atoms with van der Waals surface area (Å²) in [5, 5.41) is 5.97. The Labute approximate surface area is 93.3 Å². The molecular weight excluding hydrogens is 209 g/mol. The third-order valence-corrected chi connectivity index (χ3v) is 2.69. The molecule has 1 aromatic rings. The molecule has 4 nitrogen and oxygen atoms in total. The van der Waals surface area contributed by atoms with Gasteiger partial charge in [0.05, 0.1) is 11.8 Å². The van der Waals surface area contributed by atoms with Crippen molar-refractivity contribution in [1.29, 1.82) is 0 Å². The molecule has 1 aromatic heterocycles. The second-order valence-electron chi connectivity index (χ2n) is 3.86. The molecule has 0 aliphatic carbocycles. The second-order valence-corrected chi connectivity index (χ2v) is 3.86. The van der Waals surface area contributed by atoms with Crippen molar-refractivity contribution in [2.75, 3.05) is 13.1 Å². The predicted molar refractivity (Wildman–Crippen MR) is 57.6 cm³/mol. The Morgan fingerprint density at radius 1 is 1.69 bits per heavy atom. The van der Waals surface area contributed by atoms with Gasteiger partial charge in [0.15, 0.2) is 5.82 Å². The second kappa shape index (κ2) is 5.03. The topological polar surface area (TPSA) is 54.0 Å². The molecule has 2 heterocycles. The lowest BCUT2D eigenvalue weighted by atomic mass is 10.2. The predicted octanol–water partition coefficient (Wildman–Crippen LogP) is 0.702. The van der Waals surface area contributed by atoms with Gasteiger partial charge in [-0.05, 0) is 25.5 Å². The van der Waals surface area contributed by atoms with E-state index < -0.39 is 5.82 Å². The molecule has 0 aromatic carbocycles. The van der Waals surface area contributed by atoms with E-state index in [0.29, 0.717) is 12.6 Å². The lowest BCUT2D eigenvalue weighted by Crippen LogP contribution is -2.37. The van der Waals surface area contributed by atoms with Crippen molar-refractivity contribution >= 4 is 5.91 Å². The average Bonchev–Trinajstić information content (AvgIpc) is 2.79. The number of carbonyl (C=O) groups is 1. The van der Waals surface area contributed by atoms with Crippen LogP contribution >= 0.6 is 0 Å². The molecule has 1 atom stereocenters. The number of pyridine rings is 1. The average molecular weight is 223 g/mol. The van der Waals surface area contributed by atoms with E-state index in [-0.39, 0.29) is 11.5 Å². The standard InChI is InChI=1S/C11H14FN3O/c12-10-7-13-5-3-9(10)11(16)15-6-8-2-1-4-14-8/h3,5,7-8,14H,1-2,4,6H2,(H,15,16). The van der Waals surface area contributed by atoms with Crippen LogP contribution in [0.25, 0.3) is 0 Å². The Morgan fingerprint density at radius 3 is 3.25 bits per heavy atom. The Kier molecular flexibility index (Phi) is 3.46. The van der Waals surface area contributed by atoms with Crippen molar-refractivity contribution in [3.8, 4) is 0 Å². The van der Waals surface area contributed by atoms with E-state index in [0.717, 1.165) is 25.6 Å².